The zero-order valence-corrected chi connectivity index (χ0v) is 11.7. The third-order valence-corrected chi connectivity index (χ3v) is 5.03. The summed E-state index contributed by atoms with van der Waals surface area (Å²) < 4.78 is 0. The van der Waals surface area contributed by atoms with Crippen molar-refractivity contribution in [3.8, 4) is 0 Å². The second kappa shape index (κ2) is 4.98. The molecule has 104 valence electrons. The maximum Gasteiger partial charge on any atom is 0.303 e. The average Bonchev–Trinajstić information content (AvgIpc) is 3.16. The van der Waals surface area contributed by atoms with Crippen LogP contribution in [-0.2, 0) is 4.79 Å². The molecule has 0 radical (unpaired) electrons. The minimum atomic E-state index is -0.741. The highest BCUT2D eigenvalue weighted by molar-refractivity contribution is 7.99. The van der Waals surface area contributed by atoms with E-state index in [1.54, 1.807) is 17.8 Å². The van der Waals surface area contributed by atoms with Gasteiger partial charge >= 0.3 is 5.97 Å². The molecule has 0 atom stereocenters. The lowest BCUT2D eigenvalue weighted by atomic mass is 10.1. The topological polar surface area (TPSA) is 70.2 Å². The summed E-state index contributed by atoms with van der Waals surface area (Å²) in [4.78, 5) is 25.6. The van der Waals surface area contributed by atoms with Crippen LogP contribution >= 0.6 is 11.8 Å². The first-order valence-electron chi connectivity index (χ1n) is 6.55. The number of thioether (sulfide) groups is 1. The van der Waals surface area contributed by atoms with E-state index in [1.165, 1.54) is 0 Å². The lowest BCUT2D eigenvalue weighted by Crippen LogP contribution is -2.12. The molecule has 5 heteroatoms. The molecule has 1 aliphatic rings. The highest BCUT2D eigenvalue weighted by Gasteiger charge is 2.44. The van der Waals surface area contributed by atoms with Crippen LogP contribution in [0, 0.1) is 5.41 Å². The van der Waals surface area contributed by atoms with Crippen LogP contribution in [0.3, 0.4) is 0 Å². The maximum atomic E-state index is 12.0. The second-order valence-corrected chi connectivity index (χ2v) is 6.43. The van der Waals surface area contributed by atoms with Crippen molar-refractivity contribution in [1.29, 1.82) is 0 Å². The van der Waals surface area contributed by atoms with E-state index in [0.29, 0.717) is 5.39 Å². The molecule has 0 amide bonds. The Bertz CT molecular complexity index is 718. The van der Waals surface area contributed by atoms with Gasteiger partial charge in [-0.2, -0.15) is 0 Å². The number of carboxylic acids is 1. The van der Waals surface area contributed by atoms with Crippen molar-refractivity contribution in [3.63, 3.8) is 0 Å². The van der Waals surface area contributed by atoms with Crippen LogP contribution in [-0.4, -0.2) is 21.8 Å². The maximum absolute atomic E-state index is 12.0. The number of benzene rings is 1. The fourth-order valence-electron chi connectivity index (χ4n) is 2.36. The van der Waals surface area contributed by atoms with Gasteiger partial charge in [-0.1, -0.05) is 18.2 Å². The van der Waals surface area contributed by atoms with Crippen molar-refractivity contribution >= 4 is 28.5 Å². The number of carboxylic acid groups (broad SMARTS) is 1. The van der Waals surface area contributed by atoms with Gasteiger partial charge in [0, 0.05) is 11.1 Å². The molecule has 20 heavy (non-hydrogen) atoms. The van der Waals surface area contributed by atoms with Gasteiger partial charge in [0.2, 0.25) is 0 Å². The van der Waals surface area contributed by atoms with Gasteiger partial charge in [0.05, 0.1) is 11.4 Å². The molecule has 0 bridgehead atoms. The van der Waals surface area contributed by atoms with Crippen LogP contribution in [0.4, 0.5) is 0 Å². The molecule has 1 aromatic carbocycles. The number of pyridine rings is 1. The number of rotatable bonds is 5. The van der Waals surface area contributed by atoms with Gasteiger partial charge < -0.3 is 10.1 Å². The first-order valence-corrected chi connectivity index (χ1v) is 7.53. The van der Waals surface area contributed by atoms with E-state index in [2.05, 4.69) is 4.98 Å². The molecule has 0 spiro atoms. The summed E-state index contributed by atoms with van der Waals surface area (Å²) in [7, 11) is 0. The highest BCUT2D eigenvalue weighted by Crippen LogP contribution is 2.51. The van der Waals surface area contributed by atoms with E-state index in [-0.39, 0.29) is 17.4 Å². The Morgan fingerprint density at radius 2 is 2.10 bits per heavy atom. The molecule has 1 aliphatic carbocycles. The minimum Gasteiger partial charge on any atom is -0.481 e. The number of H-pyrrole nitrogens is 1. The average molecular weight is 289 g/mol. The summed E-state index contributed by atoms with van der Waals surface area (Å²) in [6.07, 6.45) is 2.14. The molecule has 0 saturated heterocycles. The van der Waals surface area contributed by atoms with Crippen molar-refractivity contribution in [3.05, 3.63) is 40.7 Å². The molecule has 3 rings (SSSR count). The summed E-state index contributed by atoms with van der Waals surface area (Å²) in [5, 5.41) is 11.3. The first kappa shape index (κ1) is 13.2. The summed E-state index contributed by atoms with van der Waals surface area (Å²) in [5.74, 6) is 0.00299. The van der Waals surface area contributed by atoms with Gasteiger partial charge in [-0.05, 0) is 35.8 Å². The number of hydrogen-bond acceptors (Lipinski definition) is 3. The van der Waals surface area contributed by atoms with E-state index >= 15 is 0 Å². The normalized spacial score (nSPS) is 16.2. The van der Waals surface area contributed by atoms with E-state index in [1.807, 2.05) is 24.3 Å². The van der Waals surface area contributed by atoms with Crippen molar-refractivity contribution in [1.82, 2.24) is 4.98 Å². The number of hydrogen-bond donors (Lipinski definition) is 2. The van der Waals surface area contributed by atoms with Crippen LogP contribution in [0.25, 0.3) is 10.8 Å². The Morgan fingerprint density at radius 3 is 2.80 bits per heavy atom. The smallest absolute Gasteiger partial charge is 0.303 e. The Balaban J connectivity index is 1.78. The molecule has 1 saturated carbocycles. The summed E-state index contributed by atoms with van der Waals surface area (Å²) >= 11 is 1.54. The van der Waals surface area contributed by atoms with Crippen LogP contribution in [0.5, 0.6) is 0 Å². The number of fused-ring (bicyclic) bond motifs is 1. The number of aromatic amines is 1. The fourth-order valence-corrected chi connectivity index (χ4v) is 3.59. The van der Waals surface area contributed by atoms with Crippen LogP contribution in [0.2, 0.25) is 0 Å². The van der Waals surface area contributed by atoms with Gasteiger partial charge in [-0.15, -0.1) is 11.8 Å². The zero-order valence-electron chi connectivity index (χ0n) is 10.9. The lowest BCUT2D eigenvalue weighted by Gasteiger charge is -2.11. The molecular formula is C15H15NO3S. The summed E-state index contributed by atoms with van der Waals surface area (Å²) in [5.41, 5.74) is -0.160. The summed E-state index contributed by atoms with van der Waals surface area (Å²) in [6.45, 7) is 0. The van der Waals surface area contributed by atoms with E-state index in [4.69, 9.17) is 5.11 Å². The Kier molecular flexibility index (Phi) is 3.30. The number of nitrogens with one attached hydrogen (secondary N) is 1. The van der Waals surface area contributed by atoms with Crippen LogP contribution < -0.4 is 5.56 Å². The van der Waals surface area contributed by atoms with Gasteiger partial charge in [0.15, 0.2) is 0 Å². The monoisotopic (exact) mass is 289 g/mol. The van der Waals surface area contributed by atoms with Crippen LogP contribution in [0.15, 0.2) is 40.2 Å². The third kappa shape index (κ3) is 2.72. The SMILES string of the molecule is O=C(O)CC1(CSc2cc3ccccc3c(=O)[nH]2)CC1. The quantitative estimate of drug-likeness (QED) is 0.830. The number of carbonyl (C=O) groups is 1. The first-order chi connectivity index (χ1) is 9.58. The molecule has 1 heterocycles. The standard InChI is InChI=1S/C15H15NO3S/c17-13(18)8-15(5-6-15)9-20-12-7-10-3-1-2-4-11(10)14(19)16-12/h1-4,7H,5-6,8-9H2,(H,16,19)(H,17,18). The summed E-state index contributed by atoms with van der Waals surface area (Å²) in [6, 6.07) is 9.42. The predicted octanol–water partition coefficient (Wildman–Crippen LogP) is 2.88. The van der Waals surface area contributed by atoms with Crippen molar-refractivity contribution in [2.24, 2.45) is 5.41 Å². The van der Waals surface area contributed by atoms with Crippen molar-refractivity contribution < 1.29 is 9.90 Å². The molecule has 0 aliphatic heterocycles. The van der Waals surface area contributed by atoms with Gasteiger partial charge in [-0.25, -0.2) is 0 Å². The minimum absolute atomic E-state index is 0.0704. The van der Waals surface area contributed by atoms with E-state index in [0.717, 1.165) is 29.0 Å². The highest BCUT2D eigenvalue weighted by atomic mass is 32.2. The fraction of sp³-hybridized carbons (Fsp3) is 0.333. The largest absolute Gasteiger partial charge is 0.481 e. The molecule has 2 aromatic rings. The molecular weight excluding hydrogens is 274 g/mol. The van der Waals surface area contributed by atoms with Gasteiger partial charge in [0.25, 0.3) is 5.56 Å². The predicted molar refractivity (Wildman–Crippen MR) is 79.2 cm³/mol. The molecule has 2 N–H and O–H groups in total. The lowest BCUT2D eigenvalue weighted by molar-refractivity contribution is -0.138. The van der Waals surface area contributed by atoms with Crippen molar-refractivity contribution in [2.75, 3.05) is 5.75 Å². The van der Waals surface area contributed by atoms with Gasteiger partial charge in [-0.3, -0.25) is 9.59 Å². The third-order valence-electron chi connectivity index (χ3n) is 3.75. The van der Waals surface area contributed by atoms with Crippen LogP contribution in [0.1, 0.15) is 19.3 Å². The van der Waals surface area contributed by atoms with Gasteiger partial charge in [0.1, 0.15) is 0 Å². The molecule has 4 nitrogen and oxygen atoms in total. The second-order valence-electron chi connectivity index (χ2n) is 5.41. The van der Waals surface area contributed by atoms with E-state index in [9.17, 15) is 9.59 Å². The Hall–Kier alpha value is -1.75. The number of aromatic nitrogens is 1. The van der Waals surface area contributed by atoms with Crippen molar-refractivity contribution in [2.45, 2.75) is 24.3 Å². The molecule has 1 aromatic heterocycles. The zero-order chi connectivity index (χ0) is 14.2. The molecule has 1 fully saturated rings. The van der Waals surface area contributed by atoms with E-state index < -0.39 is 5.97 Å². The number of aliphatic carboxylic acids is 1. The Morgan fingerprint density at radius 1 is 1.35 bits per heavy atom. The molecule has 0 unspecified atom stereocenters. The Labute approximate surface area is 120 Å².